The molecular formula is C16H27NO5. The van der Waals surface area contributed by atoms with E-state index in [1.807, 2.05) is 0 Å². The van der Waals surface area contributed by atoms with E-state index in [9.17, 15) is 14.4 Å². The molecule has 1 aliphatic rings. The summed E-state index contributed by atoms with van der Waals surface area (Å²) < 4.78 is 10.0. The van der Waals surface area contributed by atoms with Crippen LogP contribution < -0.4 is 0 Å². The number of hydrogen-bond donors (Lipinski definition) is 0. The number of ether oxygens (including phenoxy) is 2. The Balaban J connectivity index is 2.74. The molecule has 6 heteroatoms. The van der Waals surface area contributed by atoms with Crippen LogP contribution in [0.3, 0.4) is 0 Å². The van der Waals surface area contributed by atoms with E-state index in [0.29, 0.717) is 19.4 Å². The molecule has 1 amide bonds. The van der Waals surface area contributed by atoms with Gasteiger partial charge in [0.1, 0.15) is 5.41 Å². The van der Waals surface area contributed by atoms with Crippen LogP contribution in [-0.4, -0.2) is 49.6 Å². The maximum absolute atomic E-state index is 12.8. The Labute approximate surface area is 132 Å². The van der Waals surface area contributed by atoms with E-state index in [4.69, 9.17) is 9.47 Å². The third-order valence-electron chi connectivity index (χ3n) is 4.09. The van der Waals surface area contributed by atoms with Gasteiger partial charge in [-0.05, 0) is 26.7 Å². The highest BCUT2D eigenvalue weighted by Crippen LogP contribution is 2.39. The lowest BCUT2D eigenvalue weighted by Crippen LogP contribution is -2.49. The normalized spacial score (nSPS) is 16.7. The highest BCUT2D eigenvalue weighted by Gasteiger charge is 2.49. The Morgan fingerprint density at radius 2 is 1.59 bits per heavy atom. The lowest BCUT2D eigenvalue weighted by atomic mass is 9.73. The molecule has 1 aliphatic carbocycles. The summed E-state index contributed by atoms with van der Waals surface area (Å²) in [6.45, 7) is 4.32. The molecule has 0 aliphatic heterocycles. The summed E-state index contributed by atoms with van der Waals surface area (Å²) in [5.41, 5.74) is -1.07. The van der Waals surface area contributed by atoms with Gasteiger partial charge in [-0.3, -0.25) is 14.4 Å². The molecule has 0 heterocycles. The fourth-order valence-electron chi connectivity index (χ4n) is 2.89. The molecule has 6 nitrogen and oxygen atoms in total. The average molecular weight is 313 g/mol. The third-order valence-corrected chi connectivity index (χ3v) is 4.09. The van der Waals surface area contributed by atoms with Gasteiger partial charge in [-0.25, -0.2) is 0 Å². The van der Waals surface area contributed by atoms with Crippen LogP contribution in [0.2, 0.25) is 0 Å². The van der Waals surface area contributed by atoms with Crippen LogP contribution in [0.4, 0.5) is 0 Å². The molecule has 1 fully saturated rings. The number of carbonyl (C=O) groups excluding carboxylic acids is 3. The second-order valence-corrected chi connectivity index (χ2v) is 5.64. The molecule has 0 unspecified atom stereocenters. The number of carbonyl (C=O) groups is 3. The molecule has 0 spiro atoms. The Bertz CT molecular complexity index is 401. The summed E-state index contributed by atoms with van der Waals surface area (Å²) in [7, 11) is 1.62. The zero-order chi connectivity index (χ0) is 16.6. The van der Waals surface area contributed by atoms with E-state index in [0.717, 1.165) is 19.3 Å². The molecular weight excluding hydrogens is 286 g/mol. The standard InChI is InChI=1S/C16H27NO5/c1-4-21-13(18)9-12-17(3)14(19)16(15(20)22-5-2)10-7-6-8-11-16/h4-12H2,1-3H3. The second-order valence-electron chi connectivity index (χ2n) is 5.64. The molecule has 0 aromatic heterocycles. The highest BCUT2D eigenvalue weighted by atomic mass is 16.5. The van der Waals surface area contributed by atoms with Gasteiger partial charge in [0.15, 0.2) is 0 Å². The molecule has 0 N–H and O–H groups in total. The number of esters is 2. The van der Waals surface area contributed by atoms with Crippen molar-refractivity contribution in [3.8, 4) is 0 Å². The summed E-state index contributed by atoms with van der Waals surface area (Å²) in [5, 5.41) is 0. The topological polar surface area (TPSA) is 72.9 Å². The first kappa shape index (κ1) is 18.5. The van der Waals surface area contributed by atoms with Gasteiger partial charge in [-0.2, -0.15) is 0 Å². The number of nitrogens with zero attached hydrogens (tertiary/aromatic N) is 1. The molecule has 0 bridgehead atoms. The highest BCUT2D eigenvalue weighted by molar-refractivity contribution is 6.02. The Kier molecular flexibility index (Phi) is 7.35. The van der Waals surface area contributed by atoms with Gasteiger partial charge in [0.25, 0.3) is 0 Å². The van der Waals surface area contributed by atoms with Gasteiger partial charge in [-0.15, -0.1) is 0 Å². The van der Waals surface area contributed by atoms with Crippen molar-refractivity contribution in [2.45, 2.75) is 52.4 Å². The fraction of sp³-hybridized carbons (Fsp3) is 0.812. The van der Waals surface area contributed by atoms with Crippen molar-refractivity contribution in [3.05, 3.63) is 0 Å². The maximum Gasteiger partial charge on any atom is 0.321 e. The fourth-order valence-corrected chi connectivity index (χ4v) is 2.89. The average Bonchev–Trinajstić information content (AvgIpc) is 2.53. The summed E-state index contributed by atoms with van der Waals surface area (Å²) >= 11 is 0. The second kappa shape index (κ2) is 8.76. The maximum atomic E-state index is 12.8. The zero-order valence-corrected chi connectivity index (χ0v) is 13.9. The predicted octanol–water partition coefficient (Wildman–Crippen LogP) is 1.91. The van der Waals surface area contributed by atoms with Crippen LogP contribution in [0.15, 0.2) is 0 Å². The molecule has 0 aromatic rings. The van der Waals surface area contributed by atoms with Gasteiger partial charge >= 0.3 is 11.9 Å². The van der Waals surface area contributed by atoms with E-state index >= 15 is 0 Å². The van der Waals surface area contributed by atoms with Crippen LogP contribution in [0.25, 0.3) is 0 Å². The number of amides is 1. The number of hydrogen-bond acceptors (Lipinski definition) is 5. The molecule has 0 aromatic carbocycles. The van der Waals surface area contributed by atoms with Gasteiger partial charge < -0.3 is 14.4 Å². The van der Waals surface area contributed by atoms with Crippen LogP contribution in [0.5, 0.6) is 0 Å². The SMILES string of the molecule is CCOC(=O)CCN(C)C(=O)C1(C(=O)OCC)CCCCC1. The zero-order valence-electron chi connectivity index (χ0n) is 13.9. The molecule has 1 rings (SSSR count). The minimum atomic E-state index is -1.07. The van der Waals surface area contributed by atoms with Crippen molar-refractivity contribution in [2.75, 3.05) is 26.8 Å². The lowest BCUT2D eigenvalue weighted by Gasteiger charge is -2.36. The van der Waals surface area contributed by atoms with E-state index in [1.54, 1.807) is 20.9 Å². The van der Waals surface area contributed by atoms with Crippen molar-refractivity contribution in [1.29, 1.82) is 0 Å². The van der Waals surface area contributed by atoms with E-state index in [1.165, 1.54) is 4.90 Å². The smallest absolute Gasteiger partial charge is 0.321 e. The van der Waals surface area contributed by atoms with Crippen molar-refractivity contribution >= 4 is 17.8 Å². The van der Waals surface area contributed by atoms with Gasteiger partial charge in [-0.1, -0.05) is 19.3 Å². The lowest BCUT2D eigenvalue weighted by molar-refractivity contribution is -0.167. The van der Waals surface area contributed by atoms with Gasteiger partial charge in [0.2, 0.25) is 5.91 Å². The van der Waals surface area contributed by atoms with Gasteiger partial charge in [0, 0.05) is 13.6 Å². The number of rotatable bonds is 7. The first-order chi connectivity index (χ1) is 10.5. The molecule has 1 saturated carbocycles. The summed E-state index contributed by atoms with van der Waals surface area (Å²) in [5.74, 6) is -1.01. The van der Waals surface area contributed by atoms with E-state index < -0.39 is 11.4 Å². The van der Waals surface area contributed by atoms with E-state index in [2.05, 4.69) is 0 Å². The molecule has 22 heavy (non-hydrogen) atoms. The molecule has 126 valence electrons. The monoisotopic (exact) mass is 313 g/mol. The first-order valence-electron chi connectivity index (χ1n) is 8.06. The van der Waals surface area contributed by atoms with Crippen molar-refractivity contribution < 1.29 is 23.9 Å². The van der Waals surface area contributed by atoms with Crippen molar-refractivity contribution in [3.63, 3.8) is 0 Å². The molecule has 0 radical (unpaired) electrons. The first-order valence-corrected chi connectivity index (χ1v) is 8.06. The van der Waals surface area contributed by atoms with E-state index in [-0.39, 0.29) is 31.4 Å². The molecule has 0 atom stereocenters. The summed E-state index contributed by atoms with van der Waals surface area (Å²) in [6.07, 6.45) is 3.89. The Morgan fingerprint density at radius 3 is 2.14 bits per heavy atom. The quantitative estimate of drug-likeness (QED) is 0.530. The van der Waals surface area contributed by atoms with Crippen LogP contribution in [0, 0.1) is 5.41 Å². The largest absolute Gasteiger partial charge is 0.466 e. The Hall–Kier alpha value is -1.59. The molecule has 0 saturated heterocycles. The summed E-state index contributed by atoms with van der Waals surface area (Å²) in [4.78, 5) is 38.0. The summed E-state index contributed by atoms with van der Waals surface area (Å²) in [6, 6.07) is 0. The van der Waals surface area contributed by atoms with Crippen molar-refractivity contribution in [1.82, 2.24) is 4.90 Å². The van der Waals surface area contributed by atoms with Crippen molar-refractivity contribution in [2.24, 2.45) is 5.41 Å². The van der Waals surface area contributed by atoms with Gasteiger partial charge in [0.05, 0.1) is 19.6 Å². The minimum Gasteiger partial charge on any atom is -0.466 e. The van der Waals surface area contributed by atoms with Crippen LogP contribution >= 0.6 is 0 Å². The van der Waals surface area contributed by atoms with Crippen LogP contribution in [0.1, 0.15) is 52.4 Å². The predicted molar refractivity (Wildman–Crippen MR) is 81.0 cm³/mol. The third kappa shape index (κ3) is 4.45. The minimum absolute atomic E-state index is 0.134. The van der Waals surface area contributed by atoms with Crippen LogP contribution in [-0.2, 0) is 23.9 Å². The Morgan fingerprint density at radius 1 is 1.00 bits per heavy atom.